The Balaban J connectivity index is 1.92. The predicted octanol–water partition coefficient (Wildman–Crippen LogP) is 0.904. The average molecular weight is 372 g/mol. The molecule has 1 aliphatic heterocycles. The zero-order chi connectivity index (χ0) is 19.7. The molecule has 1 atom stereocenters. The van der Waals surface area contributed by atoms with Crippen molar-refractivity contribution >= 4 is 28.6 Å². The molecular weight excluding hydrogens is 348 g/mol. The molecule has 8 heteroatoms. The highest BCUT2D eigenvalue weighted by Gasteiger charge is 2.36. The summed E-state index contributed by atoms with van der Waals surface area (Å²) in [6.45, 7) is 4.17. The summed E-state index contributed by atoms with van der Waals surface area (Å²) < 4.78 is 5.37. The quantitative estimate of drug-likeness (QED) is 0.837. The third-order valence-electron chi connectivity index (χ3n) is 5.11. The van der Waals surface area contributed by atoms with Crippen LogP contribution in [0.25, 0.3) is 10.9 Å². The largest absolute Gasteiger partial charge is 0.495 e. The number of likely N-dealkylation sites (N-methyl/N-ethyl adjacent to an activating group) is 1. The minimum absolute atomic E-state index is 0.157. The van der Waals surface area contributed by atoms with Crippen LogP contribution < -0.4 is 10.1 Å². The third kappa shape index (κ3) is 3.22. The number of nitrogens with zero attached hydrogens (tertiary/aromatic N) is 2. The number of H-pyrrole nitrogens is 1. The Hall–Kier alpha value is -3.03. The van der Waals surface area contributed by atoms with Crippen molar-refractivity contribution in [2.45, 2.75) is 19.9 Å². The SMILES string of the molecule is CNC(=O)[C@H]1CN(C(=O)c2[nH]c3c(OC)cccc3c2C)CCN1C(C)=O. The lowest BCUT2D eigenvalue weighted by molar-refractivity contribution is -0.141. The fraction of sp³-hybridized carbons (Fsp3) is 0.421. The second kappa shape index (κ2) is 7.30. The van der Waals surface area contributed by atoms with Gasteiger partial charge in [0.25, 0.3) is 5.91 Å². The number of methoxy groups -OCH3 is 1. The van der Waals surface area contributed by atoms with Crippen molar-refractivity contribution in [3.63, 3.8) is 0 Å². The number of para-hydroxylation sites is 1. The molecule has 1 aliphatic rings. The average Bonchev–Trinajstić information content (AvgIpc) is 3.03. The van der Waals surface area contributed by atoms with E-state index >= 15 is 0 Å². The van der Waals surface area contributed by atoms with Crippen LogP contribution in [0.15, 0.2) is 18.2 Å². The normalized spacial score (nSPS) is 17.1. The van der Waals surface area contributed by atoms with E-state index in [9.17, 15) is 14.4 Å². The van der Waals surface area contributed by atoms with E-state index in [4.69, 9.17) is 4.74 Å². The van der Waals surface area contributed by atoms with E-state index in [1.165, 1.54) is 18.9 Å². The van der Waals surface area contributed by atoms with Crippen molar-refractivity contribution in [2.75, 3.05) is 33.8 Å². The van der Waals surface area contributed by atoms with Gasteiger partial charge in [-0.25, -0.2) is 0 Å². The maximum Gasteiger partial charge on any atom is 0.270 e. The molecule has 1 aromatic carbocycles. The third-order valence-corrected chi connectivity index (χ3v) is 5.11. The first-order chi connectivity index (χ1) is 12.9. The zero-order valence-electron chi connectivity index (χ0n) is 16.0. The van der Waals surface area contributed by atoms with Gasteiger partial charge in [0.15, 0.2) is 0 Å². The molecule has 8 nitrogen and oxygen atoms in total. The Morgan fingerprint density at radius 2 is 2.00 bits per heavy atom. The predicted molar refractivity (Wildman–Crippen MR) is 101 cm³/mol. The molecule has 1 aromatic heterocycles. The molecular formula is C19H24N4O4. The van der Waals surface area contributed by atoms with Gasteiger partial charge in [-0.2, -0.15) is 0 Å². The Kier molecular flexibility index (Phi) is 5.07. The van der Waals surface area contributed by atoms with Gasteiger partial charge in [0.1, 0.15) is 17.5 Å². The molecule has 0 radical (unpaired) electrons. The number of amides is 3. The smallest absolute Gasteiger partial charge is 0.270 e. The van der Waals surface area contributed by atoms with Crippen LogP contribution in [0.4, 0.5) is 0 Å². The highest BCUT2D eigenvalue weighted by molar-refractivity contribution is 6.02. The summed E-state index contributed by atoms with van der Waals surface area (Å²) in [4.78, 5) is 43.5. The number of aryl methyl sites for hydroxylation is 1. The molecule has 1 saturated heterocycles. The van der Waals surface area contributed by atoms with Crippen LogP contribution in [0.1, 0.15) is 23.0 Å². The fourth-order valence-electron chi connectivity index (χ4n) is 3.60. The number of carbonyl (C=O) groups excluding carboxylic acids is 3. The monoisotopic (exact) mass is 372 g/mol. The van der Waals surface area contributed by atoms with Crippen LogP contribution in [0.2, 0.25) is 0 Å². The molecule has 0 saturated carbocycles. The lowest BCUT2D eigenvalue weighted by atomic mass is 10.1. The van der Waals surface area contributed by atoms with Gasteiger partial charge < -0.3 is 24.8 Å². The number of rotatable bonds is 3. The maximum atomic E-state index is 13.1. The maximum absolute atomic E-state index is 13.1. The van der Waals surface area contributed by atoms with Crippen LogP contribution in [-0.4, -0.2) is 72.3 Å². The molecule has 0 unspecified atom stereocenters. The molecule has 2 heterocycles. The number of hydrogen-bond donors (Lipinski definition) is 2. The number of aromatic nitrogens is 1. The summed E-state index contributed by atoms with van der Waals surface area (Å²) in [6.07, 6.45) is 0. The molecule has 2 aromatic rings. The summed E-state index contributed by atoms with van der Waals surface area (Å²) in [6, 6.07) is 4.95. The Labute approximate surface area is 157 Å². The first kappa shape index (κ1) is 18.8. The molecule has 3 rings (SSSR count). The molecule has 2 N–H and O–H groups in total. The number of benzene rings is 1. The molecule has 144 valence electrons. The molecule has 27 heavy (non-hydrogen) atoms. The van der Waals surface area contributed by atoms with Crippen molar-refractivity contribution < 1.29 is 19.1 Å². The number of carbonyl (C=O) groups is 3. The van der Waals surface area contributed by atoms with Crippen molar-refractivity contribution in [2.24, 2.45) is 0 Å². The van der Waals surface area contributed by atoms with Gasteiger partial charge in [-0.1, -0.05) is 12.1 Å². The van der Waals surface area contributed by atoms with Crippen LogP contribution in [-0.2, 0) is 9.59 Å². The topological polar surface area (TPSA) is 94.7 Å². The number of piperazine rings is 1. The van der Waals surface area contributed by atoms with E-state index in [0.29, 0.717) is 24.5 Å². The highest BCUT2D eigenvalue weighted by Crippen LogP contribution is 2.30. The van der Waals surface area contributed by atoms with Crippen molar-refractivity contribution in [3.05, 3.63) is 29.5 Å². The molecule has 0 aliphatic carbocycles. The van der Waals surface area contributed by atoms with Gasteiger partial charge in [0.05, 0.1) is 19.2 Å². The van der Waals surface area contributed by atoms with E-state index < -0.39 is 6.04 Å². The van der Waals surface area contributed by atoms with Gasteiger partial charge in [0.2, 0.25) is 11.8 Å². The van der Waals surface area contributed by atoms with Crippen LogP contribution in [0, 0.1) is 6.92 Å². The highest BCUT2D eigenvalue weighted by atomic mass is 16.5. The van der Waals surface area contributed by atoms with Gasteiger partial charge in [0, 0.05) is 32.4 Å². The molecule has 0 spiro atoms. The van der Waals surface area contributed by atoms with Gasteiger partial charge >= 0.3 is 0 Å². The van der Waals surface area contributed by atoms with Gasteiger partial charge in [-0.15, -0.1) is 0 Å². The molecule has 1 fully saturated rings. The van der Waals surface area contributed by atoms with E-state index in [1.807, 2.05) is 25.1 Å². The van der Waals surface area contributed by atoms with Crippen molar-refractivity contribution in [1.29, 1.82) is 0 Å². The standard InChI is InChI=1S/C19H24N4O4/c1-11-13-6-5-7-15(27-4)17(13)21-16(11)19(26)22-8-9-23(12(2)24)14(10-22)18(25)20-3/h5-7,14,21H,8-10H2,1-4H3,(H,20,25)/t14-/m1/s1. The van der Waals surface area contributed by atoms with Crippen molar-refractivity contribution in [3.8, 4) is 5.75 Å². The van der Waals surface area contributed by atoms with Crippen LogP contribution >= 0.6 is 0 Å². The lowest BCUT2D eigenvalue weighted by Gasteiger charge is -2.39. The second-order valence-corrected chi connectivity index (χ2v) is 6.60. The first-order valence-electron chi connectivity index (χ1n) is 8.82. The van der Waals surface area contributed by atoms with Gasteiger partial charge in [-0.3, -0.25) is 14.4 Å². The van der Waals surface area contributed by atoms with Crippen LogP contribution in [0.3, 0.4) is 0 Å². The minimum atomic E-state index is -0.690. The summed E-state index contributed by atoms with van der Waals surface area (Å²) in [5, 5.41) is 3.49. The number of aromatic amines is 1. The van der Waals surface area contributed by atoms with E-state index in [-0.39, 0.29) is 24.3 Å². The first-order valence-corrected chi connectivity index (χ1v) is 8.82. The summed E-state index contributed by atoms with van der Waals surface area (Å²) in [5.74, 6) is 0.0158. The molecule has 3 amide bonds. The number of fused-ring (bicyclic) bond motifs is 1. The second-order valence-electron chi connectivity index (χ2n) is 6.60. The minimum Gasteiger partial charge on any atom is -0.495 e. The number of nitrogens with one attached hydrogen (secondary N) is 2. The number of hydrogen-bond acceptors (Lipinski definition) is 4. The Bertz CT molecular complexity index is 904. The summed E-state index contributed by atoms with van der Waals surface area (Å²) in [7, 11) is 3.11. The fourth-order valence-corrected chi connectivity index (χ4v) is 3.60. The van der Waals surface area contributed by atoms with E-state index in [0.717, 1.165) is 16.5 Å². The lowest BCUT2D eigenvalue weighted by Crippen LogP contribution is -2.60. The van der Waals surface area contributed by atoms with Gasteiger partial charge in [-0.05, 0) is 18.6 Å². The summed E-state index contributed by atoms with van der Waals surface area (Å²) in [5.41, 5.74) is 2.08. The van der Waals surface area contributed by atoms with Crippen LogP contribution in [0.5, 0.6) is 5.75 Å². The van der Waals surface area contributed by atoms with Crippen molar-refractivity contribution in [1.82, 2.24) is 20.1 Å². The molecule has 0 bridgehead atoms. The van der Waals surface area contributed by atoms with E-state index in [1.54, 1.807) is 12.0 Å². The summed E-state index contributed by atoms with van der Waals surface area (Å²) >= 11 is 0. The zero-order valence-corrected chi connectivity index (χ0v) is 16.0. The number of ether oxygens (including phenoxy) is 1. The Morgan fingerprint density at radius 1 is 1.26 bits per heavy atom. The Morgan fingerprint density at radius 3 is 2.63 bits per heavy atom. The van der Waals surface area contributed by atoms with E-state index in [2.05, 4.69) is 10.3 Å².